The van der Waals surface area contributed by atoms with E-state index in [9.17, 15) is 0 Å². The molecule has 21 heavy (non-hydrogen) atoms. The molecule has 0 saturated heterocycles. The van der Waals surface area contributed by atoms with E-state index in [2.05, 4.69) is 68.4 Å². The van der Waals surface area contributed by atoms with Crippen LogP contribution in [0.2, 0.25) is 0 Å². The van der Waals surface area contributed by atoms with Crippen LogP contribution in [0.3, 0.4) is 0 Å². The summed E-state index contributed by atoms with van der Waals surface area (Å²) in [5.74, 6) is 0. The Hall–Kier alpha value is -2.19. The standard InChI is InChI=1S/C19H16NS/c1-13-15-8-5-6-10-17(15)21-19(13)18-16-9-4-3-7-14(16)11-12-20(18)2/h3-8,10-12H,2,9H2,1H3/q+1. The Balaban J connectivity index is 2.11. The number of pyridine rings is 1. The Morgan fingerprint density at radius 1 is 1.19 bits per heavy atom. The molecule has 2 heterocycles. The molecule has 2 heteroatoms. The Morgan fingerprint density at radius 2 is 2.05 bits per heavy atom. The number of hydrogen-bond donors (Lipinski definition) is 0. The number of aryl methyl sites for hydroxylation is 1. The summed E-state index contributed by atoms with van der Waals surface area (Å²) in [6.45, 7) is 6.42. The number of hydrogen-bond acceptors (Lipinski definition) is 1. The normalized spacial score (nSPS) is 13.2. The topological polar surface area (TPSA) is 5.90 Å². The average Bonchev–Trinajstić information content (AvgIpc) is 2.84. The zero-order chi connectivity index (χ0) is 14.4. The number of benzene rings is 1. The maximum Gasteiger partial charge on any atom is 0.231 e. The van der Waals surface area contributed by atoms with Gasteiger partial charge in [0.15, 0.2) is 6.20 Å². The van der Waals surface area contributed by atoms with Crippen LogP contribution in [0.4, 0.5) is 0 Å². The van der Waals surface area contributed by atoms with Crippen LogP contribution < -0.4 is 9.46 Å². The summed E-state index contributed by atoms with van der Waals surface area (Å²) in [6.07, 6.45) is 9.58. The van der Waals surface area contributed by atoms with E-state index in [1.165, 1.54) is 37.0 Å². The minimum atomic E-state index is 0.977. The molecular weight excluding hydrogens is 274 g/mol. The largest absolute Gasteiger partial charge is 0.231 e. The van der Waals surface area contributed by atoms with E-state index >= 15 is 0 Å². The van der Waals surface area contributed by atoms with E-state index in [0.717, 1.165) is 6.42 Å². The predicted octanol–water partition coefficient (Wildman–Crippen LogP) is 3.70. The van der Waals surface area contributed by atoms with Crippen LogP contribution in [0, 0.1) is 13.6 Å². The van der Waals surface area contributed by atoms with Crippen LogP contribution in [0.15, 0.2) is 48.7 Å². The second-order valence-electron chi connectivity index (χ2n) is 5.42. The number of thiophene rings is 1. The number of aromatic nitrogens is 1. The molecular formula is C19H16NS+. The lowest BCUT2D eigenvalue weighted by atomic mass is 10.00. The lowest BCUT2D eigenvalue weighted by Crippen LogP contribution is -2.26. The van der Waals surface area contributed by atoms with Gasteiger partial charge in [0.1, 0.15) is 11.6 Å². The fourth-order valence-electron chi connectivity index (χ4n) is 3.05. The van der Waals surface area contributed by atoms with Gasteiger partial charge in [0.25, 0.3) is 0 Å². The first kappa shape index (κ1) is 12.5. The molecule has 1 nitrogen and oxygen atoms in total. The van der Waals surface area contributed by atoms with Crippen LogP contribution in [0.5, 0.6) is 0 Å². The van der Waals surface area contributed by atoms with Crippen LogP contribution in [0.25, 0.3) is 26.7 Å². The molecule has 0 N–H and O–H groups in total. The Morgan fingerprint density at radius 3 is 2.90 bits per heavy atom. The first-order chi connectivity index (χ1) is 10.3. The summed E-state index contributed by atoms with van der Waals surface area (Å²) in [5, 5.41) is 2.66. The Labute approximate surface area is 127 Å². The van der Waals surface area contributed by atoms with Gasteiger partial charge < -0.3 is 0 Å². The van der Waals surface area contributed by atoms with Crippen LogP contribution in [-0.4, -0.2) is 0 Å². The van der Waals surface area contributed by atoms with E-state index < -0.39 is 0 Å². The van der Waals surface area contributed by atoms with Gasteiger partial charge in [-0.25, -0.2) is 0 Å². The lowest BCUT2D eigenvalue weighted by Gasteiger charge is -2.06. The Bertz CT molecular complexity index is 992. The highest BCUT2D eigenvalue weighted by molar-refractivity contribution is 7.22. The van der Waals surface area contributed by atoms with Crippen molar-refractivity contribution in [3.8, 4) is 10.6 Å². The fourth-order valence-corrected chi connectivity index (χ4v) is 4.35. The summed E-state index contributed by atoms with van der Waals surface area (Å²) < 4.78 is 3.36. The number of allylic oxidation sites excluding steroid dienone is 2. The molecule has 0 radical (unpaired) electrons. The molecule has 0 saturated carbocycles. The third-order valence-electron chi connectivity index (χ3n) is 4.15. The highest BCUT2D eigenvalue weighted by atomic mass is 32.1. The van der Waals surface area contributed by atoms with Gasteiger partial charge in [0, 0.05) is 16.3 Å². The zero-order valence-electron chi connectivity index (χ0n) is 12.0. The van der Waals surface area contributed by atoms with Crippen molar-refractivity contribution in [2.45, 2.75) is 13.3 Å². The van der Waals surface area contributed by atoms with E-state index in [-0.39, 0.29) is 0 Å². The van der Waals surface area contributed by atoms with Crippen molar-refractivity contribution in [1.82, 2.24) is 0 Å². The molecule has 0 atom stereocenters. The van der Waals surface area contributed by atoms with Crippen molar-refractivity contribution in [3.63, 3.8) is 0 Å². The molecule has 4 rings (SSSR count). The quantitative estimate of drug-likeness (QED) is 0.603. The third-order valence-corrected chi connectivity index (χ3v) is 5.43. The maximum absolute atomic E-state index is 4.20. The number of fused-ring (bicyclic) bond motifs is 2. The monoisotopic (exact) mass is 290 g/mol. The minimum Gasteiger partial charge on any atom is -0.173 e. The summed E-state index contributed by atoms with van der Waals surface area (Å²) in [5.41, 5.74) is 3.99. The van der Waals surface area contributed by atoms with Crippen LogP contribution in [-0.2, 0) is 6.42 Å². The second-order valence-corrected chi connectivity index (χ2v) is 6.47. The molecule has 102 valence electrons. The van der Waals surface area contributed by atoms with Crippen molar-refractivity contribution in [1.29, 1.82) is 0 Å². The lowest BCUT2D eigenvalue weighted by molar-refractivity contribution is -0.486. The summed E-state index contributed by atoms with van der Waals surface area (Å²) in [6, 6.07) is 10.8. The highest BCUT2D eigenvalue weighted by Gasteiger charge is 2.21. The smallest absolute Gasteiger partial charge is 0.173 e. The first-order valence-electron chi connectivity index (χ1n) is 7.12. The third kappa shape index (κ3) is 1.87. The molecule has 2 aromatic heterocycles. The Kier molecular flexibility index (Phi) is 2.79. The SMILES string of the molecule is C=[n+]1ccc2c(c1-c1sc3ccccc3c1C)CC=CC=2. The highest BCUT2D eigenvalue weighted by Crippen LogP contribution is 2.37. The molecule has 0 spiro atoms. The molecule has 1 aliphatic rings. The molecule has 0 fully saturated rings. The van der Waals surface area contributed by atoms with Gasteiger partial charge in [-0.3, -0.25) is 0 Å². The summed E-state index contributed by atoms with van der Waals surface area (Å²) in [7, 11) is 0. The van der Waals surface area contributed by atoms with Gasteiger partial charge in [0.05, 0.1) is 0 Å². The van der Waals surface area contributed by atoms with Crippen molar-refractivity contribution in [2.24, 2.45) is 0 Å². The maximum atomic E-state index is 4.20. The second kappa shape index (κ2) is 4.68. The van der Waals surface area contributed by atoms with Gasteiger partial charge in [-0.05, 0) is 35.6 Å². The molecule has 1 aromatic carbocycles. The average molecular weight is 290 g/mol. The van der Waals surface area contributed by atoms with Crippen molar-refractivity contribution >= 4 is 27.5 Å². The van der Waals surface area contributed by atoms with Gasteiger partial charge in [-0.2, -0.15) is 4.24 Å². The van der Waals surface area contributed by atoms with Crippen LogP contribution in [0.1, 0.15) is 11.1 Å². The van der Waals surface area contributed by atoms with Crippen LogP contribution >= 0.6 is 11.3 Å². The predicted molar refractivity (Wildman–Crippen MR) is 89.9 cm³/mol. The molecule has 0 unspecified atom stereocenters. The van der Waals surface area contributed by atoms with E-state index in [0.29, 0.717) is 0 Å². The van der Waals surface area contributed by atoms with Gasteiger partial charge in [0.2, 0.25) is 5.69 Å². The van der Waals surface area contributed by atoms with E-state index in [4.69, 9.17) is 0 Å². The van der Waals surface area contributed by atoms with Gasteiger partial charge >= 0.3 is 0 Å². The van der Waals surface area contributed by atoms with Crippen molar-refractivity contribution in [3.05, 3.63) is 71.7 Å². The zero-order valence-corrected chi connectivity index (χ0v) is 12.8. The van der Waals surface area contributed by atoms with E-state index in [1.807, 2.05) is 15.6 Å². The van der Waals surface area contributed by atoms with Gasteiger partial charge in [-0.15, -0.1) is 11.3 Å². The molecule has 3 aromatic rings. The summed E-state index contributed by atoms with van der Waals surface area (Å²) >= 11 is 1.87. The van der Waals surface area contributed by atoms with E-state index in [1.54, 1.807) is 0 Å². The van der Waals surface area contributed by atoms with Gasteiger partial charge in [-0.1, -0.05) is 36.4 Å². The number of rotatable bonds is 1. The minimum absolute atomic E-state index is 0.977. The number of nitrogens with zero attached hydrogens (tertiary/aromatic N) is 1. The van der Waals surface area contributed by atoms with Crippen molar-refractivity contribution < 1.29 is 4.24 Å². The molecule has 1 aliphatic carbocycles. The molecule has 0 amide bonds. The van der Waals surface area contributed by atoms with Crippen molar-refractivity contribution in [2.75, 3.05) is 0 Å². The summed E-state index contributed by atoms with van der Waals surface area (Å²) in [4.78, 5) is 1.34. The first-order valence-corrected chi connectivity index (χ1v) is 7.94. The fraction of sp³-hybridized carbons (Fsp3) is 0.105. The molecule has 0 aliphatic heterocycles. The molecule has 0 bridgehead atoms.